The molecule has 33 heavy (non-hydrogen) atoms. The summed E-state index contributed by atoms with van der Waals surface area (Å²) >= 11 is 12.1. The van der Waals surface area contributed by atoms with Crippen molar-refractivity contribution in [2.24, 2.45) is 5.10 Å². The second-order valence-electron chi connectivity index (χ2n) is 7.27. The second-order valence-corrected chi connectivity index (χ2v) is 10.0. The van der Waals surface area contributed by atoms with Gasteiger partial charge in [0, 0.05) is 22.0 Å². The van der Waals surface area contributed by atoms with Crippen molar-refractivity contribution in [2.75, 3.05) is 17.1 Å². The summed E-state index contributed by atoms with van der Waals surface area (Å²) in [5.74, 6) is -1.05. The van der Waals surface area contributed by atoms with Crippen LogP contribution in [0.15, 0.2) is 53.6 Å². The fourth-order valence-electron chi connectivity index (χ4n) is 3.32. The molecule has 0 aliphatic heterocycles. The molecule has 0 aliphatic rings. The first kappa shape index (κ1) is 24.8. The molecule has 0 unspecified atom stereocenters. The van der Waals surface area contributed by atoms with E-state index in [2.05, 4.69) is 10.5 Å². The summed E-state index contributed by atoms with van der Waals surface area (Å²) in [5.41, 5.74) is 4.96. The number of halogens is 3. The lowest BCUT2D eigenvalue weighted by molar-refractivity contribution is -0.119. The van der Waals surface area contributed by atoms with Crippen LogP contribution in [0.1, 0.15) is 17.0 Å². The number of nitrogens with one attached hydrogen (secondary N) is 1. The molecule has 0 atom stereocenters. The van der Waals surface area contributed by atoms with E-state index in [-0.39, 0.29) is 21.5 Å². The maximum atomic E-state index is 14.2. The van der Waals surface area contributed by atoms with E-state index < -0.39 is 22.5 Å². The number of aromatic nitrogens is 1. The highest BCUT2D eigenvalue weighted by Crippen LogP contribution is 2.30. The Morgan fingerprint density at radius 1 is 1.18 bits per heavy atom. The number of benzene rings is 2. The maximum absolute atomic E-state index is 14.2. The number of hydrogen-bond acceptors (Lipinski definition) is 4. The Morgan fingerprint density at radius 2 is 1.88 bits per heavy atom. The molecular formula is C22H21Cl2FN4O3S. The van der Waals surface area contributed by atoms with Gasteiger partial charge in [-0.25, -0.2) is 18.2 Å². The number of hydrogen-bond donors (Lipinski definition) is 1. The minimum atomic E-state index is -3.83. The summed E-state index contributed by atoms with van der Waals surface area (Å²) in [7, 11) is -3.83. The maximum Gasteiger partial charge on any atom is 0.260 e. The summed E-state index contributed by atoms with van der Waals surface area (Å²) in [4.78, 5) is 12.4. The van der Waals surface area contributed by atoms with Gasteiger partial charge < -0.3 is 4.57 Å². The average Bonchev–Trinajstić information content (AvgIpc) is 3.01. The lowest BCUT2D eigenvalue weighted by atomic mass is 10.2. The third-order valence-corrected chi connectivity index (χ3v) is 6.50. The second kappa shape index (κ2) is 9.94. The molecule has 3 rings (SSSR count). The van der Waals surface area contributed by atoms with Gasteiger partial charge in [-0.1, -0.05) is 35.3 Å². The summed E-state index contributed by atoms with van der Waals surface area (Å²) in [6.45, 7) is 3.08. The van der Waals surface area contributed by atoms with Crippen LogP contribution in [0.5, 0.6) is 0 Å². The van der Waals surface area contributed by atoms with Gasteiger partial charge in [0.05, 0.1) is 28.9 Å². The van der Waals surface area contributed by atoms with Crippen LogP contribution < -0.4 is 9.73 Å². The summed E-state index contributed by atoms with van der Waals surface area (Å²) in [6.07, 6.45) is 2.37. The Morgan fingerprint density at radius 3 is 2.55 bits per heavy atom. The SMILES string of the molecule is Cc1cc(/C=N\NC(=O)CN(c2cc(Cl)ccc2Cl)S(C)(=O)=O)c(C)n1-c1ccccc1F. The minimum Gasteiger partial charge on any atom is -0.315 e. The van der Waals surface area contributed by atoms with Crippen molar-refractivity contribution >= 4 is 51.0 Å². The van der Waals surface area contributed by atoms with Gasteiger partial charge in [-0.05, 0) is 50.2 Å². The molecule has 0 saturated carbocycles. The molecule has 2 aromatic carbocycles. The van der Waals surface area contributed by atoms with Crippen LogP contribution in [0.4, 0.5) is 10.1 Å². The third-order valence-electron chi connectivity index (χ3n) is 4.82. The number of aryl methyl sites for hydroxylation is 1. The zero-order valence-electron chi connectivity index (χ0n) is 18.0. The van der Waals surface area contributed by atoms with Crippen LogP contribution in [-0.4, -0.2) is 37.9 Å². The quantitative estimate of drug-likeness (QED) is 0.376. The highest BCUT2D eigenvalue weighted by Gasteiger charge is 2.23. The van der Waals surface area contributed by atoms with Gasteiger partial charge in [-0.15, -0.1) is 0 Å². The van der Waals surface area contributed by atoms with Gasteiger partial charge in [0.2, 0.25) is 10.0 Å². The number of rotatable bonds is 7. The molecular weight excluding hydrogens is 490 g/mol. The third kappa shape index (κ3) is 5.73. The highest BCUT2D eigenvalue weighted by atomic mass is 35.5. The van der Waals surface area contributed by atoms with Crippen LogP contribution in [-0.2, 0) is 14.8 Å². The monoisotopic (exact) mass is 510 g/mol. The van der Waals surface area contributed by atoms with Crippen LogP contribution in [0.2, 0.25) is 10.0 Å². The molecule has 0 spiro atoms. The van der Waals surface area contributed by atoms with Crippen molar-refractivity contribution in [1.29, 1.82) is 0 Å². The zero-order valence-corrected chi connectivity index (χ0v) is 20.3. The molecule has 0 saturated heterocycles. The topological polar surface area (TPSA) is 83.8 Å². The summed E-state index contributed by atoms with van der Waals surface area (Å²) in [5, 5.41) is 4.33. The molecule has 0 aliphatic carbocycles. The van der Waals surface area contributed by atoms with E-state index in [0.717, 1.165) is 21.9 Å². The number of amides is 1. The number of carbonyl (C=O) groups is 1. The van der Waals surface area contributed by atoms with Crippen LogP contribution in [0.25, 0.3) is 5.69 Å². The van der Waals surface area contributed by atoms with E-state index in [0.29, 0.717) is 11.3 Å². The van der Waals surface area contributed by atoms with Crippen molar-refractivity contribution < 1.29 is 17.6 Å². The van der Waals surface area contributed by atoms with Crippen molar-refractivity contribution in [2.45, 2.75) is 13.8 Å². The highest BCUT2D eigenvalue weighted by molar-refractivity contribution is 7.92. The number of nitrogens with zero attached hydrogens (tertiary/aromatic N) is 3. The van der Waals surface area contributed by atoms with Gasteiger partial charge in [-0.2, -0.15) is 5.10 Å². The minimum absolute atomic E-state index is 0.0826. The number of sulfonamides is 1. The molecule has 174 valence electrons. The lowest BCUT2D eigenvalue weighted by Crippen LogP contribution is -2.39. The first-order valence-corrected chi connectivity index (χ1v) is 12.3. The van der Waals surface area contributed by atoms with E-state index in [1.165, 1.54) is 30.5 Å². The van der Waals surface area contributed by atoms with Gasteiger partial charge in [0.25, 0.3) is 5.91 Å². The molecule has 1 N–H and O–H groups in total. The van der Waals surface area contributed by atoms with Crippen molar-refractivity contribution in [3.8, 4) is 5.69 Å². The standard InChI is InChI=1S/C22H21Cl2FN4O3S/c1-14-10-16(15(2)29(14)20-7-5-4-6-19(20)25)12-26-27-22(30)13-28(33(3,31)32)21-11-17(23)8-9-18(21)24/h4-12H,13H2,1-3H3,(H,27,30)/b26-12-. The fourth-order valence-corrected chi connectivity index (χ4v) is 4.62. The Labute approximate surface area is 201 Å². The number of hydrazone groups is 1. The summed E-state index contributed by atoms with van der Waals surface area (Å²) in [6, 6.07) is 12.5. The smallest absolute Gasteiger partial charge is 0.260 e. The van der Waals surface area contributed by atoms with Crippen LogP contribution in [0.3, 0.4) is 0 Å². The lowest BCUT2D eigenvalue weighted by Gasteiger charge is -2.22. The molecule has 3 aromatic rings. The predicted molar refractivity (Wildman–Crippen MR) is 130 cm³/mol. The first-order chi connectivity index (χ1) is 15.5. The van der Waals surface area contributed by atoms with Gasteiger partial charge in [0.1, 0.15) is 12.4 Å². The Hall–Kier alpha value is -2.88. The van der Waals surface area contributed by atoms with E-state index >= 15 is 0 Å². The Balaban J connectivity index is 1.78. The van der Waals surface area contributed by atoms with Crippen LogP contribution in [0, 0.1) is 19.7 Å². The van der Waals surface area contributed by atoms with Gasteiger partial charge >= 0.3 is 0 Å². The molecule has 1 heterocycles. The van der Waals surface area contributed by atoms with Crippen molar-refractivity contribution in [3.05, 3.63) is 81.3 Å². The number of para-hydroxylation sites is 1. The molecule has 7 nitrogen and oxygen atoms in total. The normalized spacial score (nSPS) is 11.7. The summed E-state index contributed by atoms with van der Waals surface area (Å²) < 4.78 is 41.3. The van der Waals surface area contributed by atoms with E-state index in [9.17, 15) is 17.6 Å². The van der Waals surface area contributed by atoms with Crippen molar-refractivity contribution in [1.82, 2.24) is 9.99 Å². The number of carbonyl (C=O) groups excluding carboxylic acids is 1. The largest absolute Gasteiger partial charge is 0.315 e. The average molecular weight is 511 g/mol. The molecule has 0 radical (unpaired) electrons. The predicted octanol–water partition coefficient (Wildman–Crippen LogP) is 4.46. The first-order valence-electron chi connectivity index (χ1n) is 9.67. The van der Waals surface area contributed by atoms with E-state index in [4.69, 9.17) is 23.2 Å². The Kier molecular flexibility index (Phi) is 7.46. The number of anilines is 1. The Bertz CT molecular complexity index is 1340. The van der Waals surface area contributed by atoms with Crippen molar-refractivity contribution in [3.63, 3.8) is 0 Å². The molecule has 1 aromatic heterocycles. The molecule has 0 fully saturated rings. The molecule has 11 heteroatoms. The van der Waals surface area contributed by atoms with Crippen LogP contribution >= 0.6 is 23.2 Å². The fraction of sp³-hybridized carbons (Fsp3) is 0.182. The van der Waals surface area contributed by atoms with Gasteiger partial charge in [-0.3, -0.25) is 9.10 Å². The van der Waals surface area contributed by atoms with E-state index in [1.807, 2.05) is 6.92 Å². The molecule has 1 amide bonds. The van der Waals surface area contributed by atoms with Gasteiger partial charge in [0.15, 0.2) is 0 Å². The van der Waals surface area contributed by atoms with E-state index in [1.54, 1.807) is 35.8 Å². The molecule has 0 bridgehead atoms. The zero-order chi connectivity index (χ0) is 24.3.